The normalized spacial score (nSPS) is 28.8. The van der Waals surface area contributed by atoms with Gasteiger partial charge in [0.2, 0.25) is 0 Å². The zero-order valence-electron chi connectivity index (χ0n) is 11.5. The molecule has 0 spiro atoms. The number of rotatable bonds is 5. The van der Waals surface area contributed by atoms with Crippen LogP contribution in [-0.4, -0.2) is 62.9 Å². The van der Waals surface area contributed by atoms with Gasteiger partial charge in [0.1, 0.15) is 23.7 Å². The van der Waals surface area contributed by atoms with E-state index in [1.165, 1.54) is 0 Å². The van der Waals surface area contributed by atoms with Crippen LogP contribution in [0.1, 0.15) is 12.2 Å². The average molecular weight is 319 g/mol. The number of nitrogens with zero attached hydrogens (tertiary/aromatic N) is 2. The molecule has 1 aliphatic rings. The third-order valence-corrected chi connectivity index (χ3v) is 3.67. The number of aliphatic hydroxyl groups excluding tert-OH is 3. The molecule has 6 N–H and O–H groups in total. The standard InChI is InChI=1S/C12H19ClN4O4/c1-5-15-11(13)8(14)12(16-5)17-6-4-7(21-3-2-18)10(20)9(6)19/h6-7,9-10,18-20H,2-4,14H2,1H3,(H,15,16,17)/t6-,7+,9+,10-/m1/s1. The van der Waals surface area contributed by atoms with E-state index in [2.05, 4.69) is 15.3 Å². The summed E-state index contributed by atoms with van der Waals surface area (Å²) in [5.41, 5.74) is 5.98. The van der Waals surface area contributed by atoms with E-state index in [0.29, 0.717) is 18.1 Å². The predicted octanol–water partition coefficient (Wildman–Crippen LogP) is -0.696. The Hall–Kier alpha value is -1.19. The van der Waals surface area contributed by atoms with Gasteiger partial charge in [-0.3, -0.25) is 0 Å². The molecule has 0 unspecified atom stereocenters. The van der Waals surface area contributed by atoms with Gasteiger partial charge in [0, 0.05) is 0 Å². The quantitative estimate of drug-likeness (QED) is 0.450. The van der Waals surface area contributed by atoms with Crippen molar-refractivity contribution in [1.29, 1.82) is 0 Å². The highest BCUT2D eigenvalue weighted by Gasteiger charge is 2.42. The largest absolute Gasteiger partial charge is 0.394 e. The summed E-state index contributed by atoms with van der Waals surface area (Å²) in [7, 11) is 0. The van der Waals surface area contributed by atoms with E-state index < -0.39 is 24.4 Å². The lowest BCUT2D eigenvalue weighted by molar-refractivity contribution is -0.0612. The van der Waals surface area contributed by atoms with Gasteiger partial charge in [-0.25, -0.2) is 9.97 Å². The molecule has 1 heterocycles. The van der Waals surface area contributed by atoms with Crippen molar-refractivity contribution in [2.24, 2.45) is 0 Å². The molecule has 9 heteroatoms. The van der Waals surface area contributed by atoms with E-state index in [-0.39, 0.29) is 24.1 Å². The van der Waals surface area contributed by atoms with Crippen LogP contribution in [0.15, 0.2) is 0 Å². The number of ether oxygens (including phenoxy) is 1. The Balaban J connectivity index is 2.10. The summed E-state index contributed by atoms with van der Waals surface area (Å²) in [6.45, 7) is 1.62. The van der Waals surface area contributed by atoms with Crippen LogP contribution in [-0.2, 0) is 4.74 Å². The maximum absolute atomic E-state index is 10.0. The molecule has 0 bridgehead atoms. The fraction of sp³-hybridized carbons (Fsp3) is 0.667. The van der Waals surface area contributed by atoms with Gasteiger partial charge in [0.05, 0.1) is 25.4 Å². The van der Waals surface area contributed by atoms with Crippen LogP contribution in [0.5, 0.6) is 0 Å². The van der Waals surface area contributed by atoms with Crippen molar-refractivity contribution in [2.45, 2.75) is 37.7 Å². The third kappa shape index (κ3) is 3.53. The van der Waals surface area contributed by atoms with Crippen molar-refractivity contribution in [1.82, 2.24) is 9.97 Å². The van der Waals surface area contributed by atoms with Crippen LogP contribution < -0.4 is 11.1 Å². The topological polar surface area (TPSA) is 134 Å². The van der Waals surface area contributed by atoms with Gasteiger partial charge in [-0.1, -0.05) is 11.6 Å². The molecular weight excluding hydrogens is 300 g/mol. The number of aryl methyl sites for hydroxylation is 1. The van der Waals surface area contributed by atoms with Crippen molar-refractivity contribution < 1.29 is 20.1 Å². The van der Waals surface area contributed by atoms with Crippen LogP contribution in [0.2, 0.25) is 5.15 Å². The molecule has 1 saturated carbocycles. The van der Waals surface area contributed by atoms with Gasteiger partial charge in [0.25, 0.3) is 0 Å². The highest BCUT2D eigenvalue weighted by Crippen LogP contribution is 2.29. The Bertz CT molecular complexity index is 504. The van der Waals surface area contributed by atoms with Crippen LogP contribution in [0, 0.1) is 6.92 Å². The van der Waals surface area contributed by atoms with Gasteiger partial charge >= 0.3 is 0 Å². The van der Waals surface area contributed by atoms with Crippen LogP contribution in [0.3, 0.4) is 0 Å². The monoisotopic (exact) mass is 318 g/mol. The highest BCUT2D eigenvalue weighted by molar-refractivity contribution is 6.32. The molecule has 1 aromatic rings. The number of hydrogen-bond acceptors (Lipinski definition) is 8. The molecule has 0 amide bonds. The smallest absolute Gasteiger partial charge is 0.157 e. The number of aromatic nitrogens is 2. The minimum atomic E-state index is -1.05. The predicted molar refractivity (Wildman–Crippen MR) is 77.1 cm³/mol. The molecule has 0 aromatic carbocycles. The van der Waals surface area contributed by atoms with Gasteiger partial charge in [-0.2, -0.15) is 0 Å². The van der Waals surface area contributed by atoms with E-state index in [1.54, 1.807) is 6.92 Å². The van der Waals surface area contributed by atoms with E-state index in [4.69, 9.17) is 27.2 Å². The lowest BCUT2D eigenvalue weighted by Gasteiger charge is -2.19. The molecule has 1 fully saturated rings. The van der Waals surface area contributed by atoms with Crippen LogP contribution in [0.4, 0.5) is 11.5 Å². The van der Waals surface area contributed by atoms with Crippen molar-refractivity contribution in [2.75, 3.05) is 24.3 Å². The Morgan fingerprint density at radius 3 is 2.76 bits per heavy atom. The van der Waals surface area contributed by atoms with Crippen LogP contribution in [0.25, 0.3) is 0 Å². The van der Waals surface area contributed by atoms with Gasteiger partial charge in [-0.05, 0) is 13.3 Å². The number of halogens is 1. The summed E-state index contributed by atoms with van der Waals surface area (Å²) in [4.78, 5) is 8.06. The summed E-state index contributed by atoms with van der Waals surface area (Å²) in [6.07, 6.45) is -2.30. The van der Waals surface area contributed by atoms with Crippen molar-refractivity contribution in [3.05, 3.63) is 11.0 Å². The lowest BCUT2D eigenvalue weighted by Crippen LogP contribution is -2.36. The Morgan fingerprint density at radius 2 is 2.10 bits per heavy atom. The summed E-state index contributed by atoms with van der Waals surface area (Å²) in [5.74, 6) is 0.754. The van der Waals surface area contributed by atoms with E-state index >= 15 is 0 Å². The Kier molecular flexibility index (Phi) is 5.17. The second-order valence-electron chi connectivity index (χ2n) is 4.92. The van der Waals surface area contributed by atoms with Gasteiger partial charge < -0.3 is 31.1 Å². The Morgan fingerprint density at radius 1 is 1.38 bits per heavy atom. The van der Waals surface area contributed by atoms with Crippen molar-refractivity contribution >= 4 is 23.1 Å². The van der Waals surface area contributed by atoms with Crippen molar-refractivity contribution in [3.8, 4) is 0 Å². The van der Waals surface area contributed by atoms with E-state index in [1.807, 2.05) is 0 Å². The molecule has 0 saturated heterocycles. The number of aliphatic hydroxyl groups is 3. The molecule has 0 aliphatic heterocycles. The SMILES string of the molecule is Cc1nc(Cl)c(N)c(N[C@@H]2C[C@H](OCCO)[C@@H](O)[C@H]2O)n1. The fourth-order valence-corrected chi connectivity index (χ4v) is 2.55. The number of hydrogen-bond donors (Lipinski definition) is 5. The molecule has 4 atom stereocenters. The number of nitrogens with one attached hydrogen (secondary N) is 1. The summed E-state index contributed by atoms with van der Waals surface area (Å²) >= 11 is 5.89. The summed E-state index contributed by atoms with van der Waals surface area (Å²) in [5, 5.41) is 31.8. The maximum atomic E-state index is 10.0. The Labute approximate surface area is 126 Å². The van der Waals surface area contributed by atoms with E-state index in [9.17, 15) is 10.2 Å². The zero-order chi connectivity index (χ0) is 15.6. The zero-order valence-corrected chi connectivity index (χ0v) is 12.3. The first kappa shape index (κ1) is 16.2. The second kappa shape index (κ2) is 6.71. The summed E-state index contributed by atoms with van der Waals surface area (Å²) < 4.78 is 5.29. The molecular formula is C12H19ClN4O4. The minimum Gasteiger partial charge on any atom is -0.394 e. The maximum Gasteiger partial charge on any atom is 0.157 e. The van der Waals surface area contributed by atoms with Crippen molar-refractivity contribution in [3.63, 3.8) is 0 Å². The number of nitrogens with two attached hydrogens (primary N) is 1. The van der Waals surface area contributed by atoms with Gasteiger partial charge in [0.15, 0.2) is 11.0 Å². The molecule has 0 radical (unpaired) electrons. The first-order chi connectivity index (χ1) is 9.93. The lowest BCUT2D eigenvalue weighted by atomic mass is 10.2. The first-order valence-corrected chi connectivity index (χ1v) is 6.96. The average Bonchev–Trinajstić information content (AvgIpc) is 2.70. The number of anilines is 2. The molecule has 21 heavy (non-hydrogen) atoms. The molecule has 1 aliphatic carbocycles. The molecule has 8 nitrogen and oxygen atoms in total. The first-order valence-electron chi connectivity index (χ1n) is 6.58. The fourth-order valence-electron chi connectivity index (χ4n) is 2.33. The molecule has 118 valence electrons. The molecule has 1 aromatic heterocycles. The second-order valence-corrected chi connectivity index (χ2v) is 5.28. The molecule has 2 rings (SSSR count). The van der Waals surface area contributed by atoms with Gasteiger partial charge in [-0.15, -0.1) is 0 Å². The van der Waals surface area contributed by atoms with Crippen LogP contribution >= 0.6 is 11.6 Å². The van der Waals surface area contributed by atoms with E-state index in [0.717, 1.165) is 0 Å². The highest BCUT2D eigenvalue weighted by atomic mass is 35.5. The summed E-state index contributed by atoms with van der Waals surface area (Å²) in [6, 6.07) is -0.489. The number of nitrogen functional groups attached to an aromatic ring is 1. The minimum absolute atomic E-state index is 0.0990. The third-order valence-electron chi connectivity index (χ3n) is 3.39.